The summed E-state index contributed by atoms with van der Waals surface area (Å²) in [7, 11) is 0. The van der Waals surface area contributed by atoms with Gasteiger partial charge in [0.1, 0.15) is 0 Å². The summed E-state index contributed by atoms with van der Waals surface area (Å²) in [4.78, 5) is 7.37. The first-order chi connectivity index (χ1) is 9.49. The third-order valence-electron chi connectivity index (χ3n) is 3.97. The fraction of sp³-hybridized carbons (Fsp3) is 0.812. The van der Waals surface area contributed by atoms with Crippen molar-refractivity contribution in [2.24, 2.45) is 5.92 Å². The van der Waals surface area contributed by atoms with Crippen LogP contribution < -0.4 is 5.32 Å². The molecular formula is C16H29N3S. The molecule has 0 spiro atoms. The Labute approximate surface area is 127 Å². The minimum absolute atomic E-state index is 0.182. The number of piperidine rings is 1. The van der Waals surface area contributed by atoms with E-state index in [-0.39, 0.29) is 5.41 Å². The zero-order valence-corrected chi connectivity index (χ0v) is 14.2. The van der Waals surface area contributed by atoms with Crippen LogP contribution in [0.3, 0.4) is 0 Å². The SMILES string of the molecule is CCNCC1CCN(Cc2csc(C(C)(C)C)n2)CC1. The highest BCUT2D eigenvalue weighted by Gasteiger charge is 2.21. The van der Waals surface area contributed by atoms with Crippen LogP contribution in [0.15, 0.2) is 5.38 Å². The number of aromatic nitrogens is 1. The summed E-state index contributed by atoms with van der Waals surface area (Å²) in [6, 6.07) is 0. The van der Waals surface area contributed by atoms with Gasteiger partial charge in [-0.3, -0.25) is 4.90 Å². The van der Waals surface area contributed by atoms with E-state index in [1.54, 1.807) is 0 Å². The first-order valence-electron chi connectivity index (χ1n) is 7.87. The number of nitrogens with one attached hydrogen (secondary N) is 1. The lowest BCUT2D eigenvalue weighted by Gasteiger charge is -2.31. The molecule has 0 radical (unpaired) electrons. The van der Waals surface area contributed by atoms with Gasteiger partial charge in [-0.15, -0.1) is 11.3 Å². The van der Waals surface area contributed by atoms with E-state index in [0.717, 1.165) is 19.0 Å². The van der Waals surface area contributed by atoms with E-state index < -0.39 is 0 Å². The molecule has 1 aromatic heterocycles. The van der Waals surface area contributed by atoms with E-state index in [0.29, 0.717) is 0 Å². The highest BCUT2D eigenvalue weighted by atomic mass is 32.1. The maximum atomic E-state index is 4.81. The zero-order chi connectivity index (χ0) is 14.6. The molecule has 1 N–H and O–H groups in total. The Morgan fingerprint density at radius 3 is 2.60 bits per heavy atom. The van der Waals surface area contributed by atoms with Gasteiger partial charge in [-0.1, -0.05) is 27.7 Å². The monoisotopic (exact) mass is 295 g/mol. The standard InChI is InChI=1S/C16H29N3S/c1-5-17-10-13-6-8-19(9-7-13)11-14-12-20-15(18-14)16(2,3)4/h12-13,17H,5-11H2,1-4H3. The van der Waals surface area contributed by atoms with Crippen LogP contribution >= 0.6 is 11.3 Å². The molecule has 20 heavy (non-hydrogen) atoms. The topological polar surface area (TPSA) is 28.2 Å². The van der Waals surface area contributed by atoms with Gasteiger partial charge >= 0.3 is 0 Å². The summed E-state index contributed by atoms with van der Waals surface area (Å²) in [5.41, 5.74) is 1.44. The second-order valence-electron chi connectivity index (χ2n) is 6.92. The molecule has 1 aliphatic heterocycles. The molecule has 0 amide bonds. The van der Waals surface area contributed by atoms with Crippen LogP contribution in [-0.2, 0) is 12.0 Å². The van der Waals surface area contributed by atoms with Crippen molar-refractivity contribution in [1.82, 2.24) is 15.2 Å². The van der Waals surface area contributed by atoms with E-state index >= 15 is 0 Å². The third kappa shape index (κ3) is 4.54. The summed E-state index contributed by atoms with van der Waals surface area (Å²) in [5.74, 6) is 0.867. The minimum Gasteiger partial charge on any atom is -0.317 e. The number of rotatable bonds is 5. The van der Waals surface area contributed by atoms with Crippen LogP contribution in [0.5, 0.6) is 0 Å². The van der Waals surface area contributed by atoms with Gasteiger partial charge < -0.3 is 5.32 Å². The van der Waals surface area contributed by atoms with Gasteiger partial charge in [0.05, 0.1) is 10.7 Å². The molecular weight excluding hydrogens is 266 g/mol. The highest BCUT2D eigenvalue weighted by molar-refractivity contribution is 7.09. The number of hydrogen-bond acceptors (Lipinski definition) is 4. The van der Waals surface area contributed by atoms with Gasteiger partial charge in [0.25, 0.3) is 0 Å². The van der Waals surface area contributed by atoms with Gasteiger partial charge in [-0.2, -0.15) is 0 Å². The molecule has 0 aliphatic carbocycles. The predicted octanol–water partition coefficient (Wildman–Crippen LogP) is 3.26. The largest absolute Gasteiger partial charge is 0.317 e. The summed E-state index contributed by atoms with van der Waals surface area (Å²) in [5, 5.41) is 6.97. The number of thiazole rings is 1. The van der Waals surface area contributed by atoms with Crippen molar-refractivity contribution in [1.29, 1.82) is 0 Å². The van der Waals surface area contributed by atoms with E-state index in [1.165, 1.54) is 43.2 Å². The molecule has 1 fully saturated rings. The summed E-state index contributed by atoms with van der Waals surface area (Å²) >= 11 is 1.81. The van der Waals surface area contributed by atoms with Crippen LogP contribution in [0.2, 0.25) is 0 Å². The summed E-state index contributed by atoms with van der Waals surface area (Å²) in [6.45, 7) is 14.6. The fourth-order valence-corrected chi connectivity index (χ4v) is 3.55. The summed E-state index contributed by atoms with van der Waals surface area (Å²) < 4.78 is 0. The van der Waals surface area contributed by atoms with Crippen molar-refractivity contribution in [3.8, 4) is 0 Å². The lowest BCUT2D eigenvalue weighted by Crippen LogP contribution is -2.36. The lowest BCUT2D eigenvalue weighted by molar-refractivity contribution is 0.174. The Kier molecular flexibility index (Phi) is 5.58. The number of hydrogen-bond donors (Lipinski definition) is 1. The van der Waals surface area contributed by atoms with Crippen LogP contribution in [-0.4, -0.2) is 36.1 Å². The summed E-state index contributed by atoms with van der Waals surface area (Å²) in [6.07, 6.45) is 2.65. The molecule has 1 aliphatic rings. The molecule has 0 bridgehead atoms. The van der Waals surface area contributed by atoms with E-state index in [1.807, 2.05) is 11.3 Å². The first kappa shape index (κ1) is 15.9. The Morgan fingerprint density at radius 2 is 2.05 bits per heavy atom. The molecule has 114 valence electrons. The van der Waals surface area contributed by atoms with Gasteiger partial charge in [-0.05, 0) is 44.9 Å². The third-order valence-corrected chi connectivity index (χ3v) is 5.29. The van der Waals surface area contributed by atoms with Gasteiger partial charge in [0.2, 0.25) is 0 Å². The van der Waals surface area contributed by atoms with Gasteiger partial charge in [0, 0.05) is 17.3 Å². The minimum atomic E-state index is 0.182. The van der Waals surface area contributed by atoms with Crippen molar-refractivity contribution >= 4 is 11.3 Å². The normalized spacial score (nSPS) is 18.6. The van der Waals surface area contributed by atoms with E-state index in [2.05, 4.69) is 43.3 Å². The zero-order valence-electron chi connectivity index (χ0n) is 13.4. The Morgan fingerprint density at radius 1 is 1.35 bits per heavy atom. The van der Waals surface area contributed by atoms with Crippen molar-refractivity contribution in [2.75, 3.05) is 26.2 Å². The van der Waals surface area contributed by atoms with Crippen LogP contribution in [0.1, 0.15) is 51.2 Å². The second kappa shape index (κ2) is 7.01. The van der Waals surface area contributed by atoms with Crippen molar-refractivity contribution in [2.45, 2.75) is 52.5 Å². The van der Waals surface area contributed by atoms with E-state index in [4.69, 9.17) is 4.98 Å². The van der Waals surface area contributed by atoms with Crippen molar-refractivity contribution in [3.63, 3.8) is 0 Å². The second-order valence-corrected chi connectivity index (χ2v) is 7.78. The van der Waals surface area contributed by atoms with Gasteiger partial charge in [0.15, 0.2) is 0 Å². The van der Waals surface area contributed by atoms with Gasteiger partial charge in [-0.25, -0.2) is 4.98 Å². The molecule has 2 heterocycles. The highest BCUT2D eigenvalue weighted by Crippen LogP contribution is 2.26. The molecule has 0 aromatic carbocycles. The van der Waals surface area contributed by atoms with Crippen molar-refractivity contribution < 1.29 is 0 Å². The molecule has 1 saturated heterocycles. The lowest BCUT2D eigenvalue weighted by atomic mass is 9.96. The fourth-order valence-electron chi connectivity index (χ4n) is 2.65. The molecule has 0 saturated carbocycles. The maximum Gasteiger partial charge on any atom is 0.0982 e. The van der Waals surface area contributed by atoms with Crippen molar-refractivity contribution in [3.05, 3.63) is 16.1 Å². The molecule has 1 aromatic rings. The molecule has 4 heteroatoms. The molecule has 3 nitrogen and oxygen atoms in total. The smallest absolute Gasteiger partial charge is 0.0982 e. The number of nitrogens with zero attached hydrogens (tertiary/aromatic N) is 2. The van der Waals surface area contributed by atoms with E-state index in [9.17, 15) is 0 Å². The molecule has 0 unspecified atom stereocenters. The maximum absolute atomic E-state index is 4.81. The average molecular weight is 295 g/mol. The molecule has 2 rings (SSSR count). The Balaban J connectivity index is 1.79. The number of likely N-dealkylation sites (tertiary alicyclic amines) is 1. The van der Waals surface area contributed by atoms with Crippen LogP contribution in [0.25, 0.3) is 0 Å². The molecule has 0 atom stereocenters. The van der Waals surface area contributed by atoms with Crippen LogP contribution in [0, 0.1) is 5.92 Å². The van der Waals surface area contributed by atoms with Crippen LogP contribution in [0.4, 0.5) is 0 Å². The quantitative estimate of drug-likeness (QED) is 0.903. The Hall–Kier alpha value is -0.450. The predicted molar refractivity (Wildman–Crippen MR) is 87.4 cm³/mol. The Bertz CT molecular complexity index is 400. The average Bonchev–Trinajstić information content (AvgIpc) is 2.86. The first-order valence-corrected chi connectivity index (χ1v) is 8.75.